The van der Waals surface area contributed by atoms with Crippen LogP contribution >= 0.6 is 11.6 Å². The number of benzene rings is 2. The summed E-state index contributed by atoms with van der Waals surface area (Å²) in [6.45, 7) is 1.78. The number of ketones is 1. The molecule has 0 bridgehead atoms. The van der Waals surface area contributed by atoms with Gasteiger partial charge in [0, 0.05) is 12.0 Å². The Kier molecular flexibility index (Phi) is 3.96. The highest BCUT2D eigenvalue weighted by molar-refractivity contribution is 6.34. The molecule has 19 heavy (non-hydrogen) atoms. The third-order valence-electron chi connectivity index (χ3n) is 2.85. The lowest BCUT2D eigenvalue weighted by Gasteiger charge is -2.07. The molecule has 98 valence electrons. The van der Waals surface area contributed by atoms with Crippen molar-refractivity contribution < 1.29 is 13.6 Å². The minimum absolute atomic E-state index is 0.0302. The van der Waals surface area contributed by atoms with Crippen LogP contribution in [0.1, 0.15) is 21.5 Å². The number of carbonyl (C=O) groups is 1. The van der Waals surface area contributed by atoms with Crippen LogP contribution in [-0.2, 0) is 6.42 Å². The first-order valence-electron chi connectivity index (χ1n) is 5.71. The van der Waals surface area contributed by atoms with Crippen molar-refractivity contribution in [3.05, 3.63) is 69.7 Å². The molecule has 0 unspecified atom stereocenters. The zero-order valence-electron chi connectivity index (χ0n) is 10.2. The van der Waals surface area contributed by atoms with Gasteiger partial charge in [-0.3, -0.25) is 4.79 Å². The Balaban J connectivity index is 2.31. The van der Waals surface area contributed by atoms with Gasteiger partial charge in [-0.1, -0.05) is 23.7 Å². The Morgan fingerprint density at radius 3 is 2.68 bits per heavy atom. The molecule has 0 aliphatic carbocycles. The number of rotatable bonds is 3. The van der Waals surface area contributed by atoms with Crippen LogP contribution in [0, 0.1) is 18.6 Å². The number of hydrogen-bond acceptors (Lipinski definition) is 1. The van der Waals surface area contributed by atoms with E-state index in [-0.39, 0.29) is 17.8 Å². The quantitative estimate of drug-likeness (QED) is 0.764. The summed E-state index contributed by atoms with van der Waals surface area (Å²) < 4.78 is 26.5. The van der Waals surface area contributed by atoms with E-state index in [1.807, 2.05) is 0 Å². The normalized spacial score (nSPS) is 10.5. The minimum atomic E-state index is -0.599. The highest BCUT2D eigenvalue weighted by Gasteiger charge is 2.15. The van der Waals surface area contributed by atoms with Gasteiger partial charge in [-0.2, -0.15) is 0 Å². The first kappa shape index (κ1) is 13.7. The van der Waals surface area contributed by atoms with E-state index in [2.05, 4.69) is 0 Å². The summed E-state index contributed by atoms with van der Waals surface area (Å²) in [5.74, 6) is -1.50. The summed E-state index contributed by atoms with van der Waals surface area (Å²) in [7, 11) is 0. The van der Waals surface area contributed by atoms with Crippen LogP contribution in [-0.4, -0.2) is 5.78 Å². The van der Waals surface area contributed by atoms with Gasteiger partial charge in [0.1, 0.15) is 11.6 Å². The summed E-state index contributed by atoms with van der Waals surface area (Å²) in [5, 5.41) is 0.351. The fourth-order valence-corrected chi connectivity index (χ4v) is 2.04. The fourth-order valence-electron chi connectivity index (χ4n) is 1.81. The lowest BCUT2D eigenvalue weighted by molar-refractivity contribution is 0.0992. The molecular formula is C15H11ClF2O. The van der Waals surface area contributed by atoms with Crippen LogP contribution in [0.4, 0.5) is 8.78 Å². The zero-order valence-corrected chi connectivity index (χ0v) is 11.0. The molecule has 0 saturated carbocycles. The second kappa shape index (κ2) is 5.49. The highest BCUT2D eigenvalue weighted by Crippen LogP contribution is 2.22. The van der Waals surface area contributed by atoms with Gasteiger partial charge in [-0.15, -0.1) is 0 Å². The predicted molar refractivity (Wildman–Crippen MR) is 70.6 cm³/mol. The first-order chi connectivity index (χ1) is 8.99. The molecule has 4 heteroatoms. The van der Waals surface area contributed by atoms with Gasteiger partial charge in [-0.05, 0) is 42.3 Å². The SMILES string of the molecule is Cc1cccc(C(=O)Cc2cc(F)ccc2F)c1Cl. The Bertz CT molecular complexity index is 638. The van der Waals surface area contributed by atoms with Crippen molar-refractivity contribution in [3.8, 4) is 0 Å². The fraction of sp³-hybridized carbons (Fsp3) is 0.133. The number of halogens is 3. The second-order valence-electron chi connectivity index (χ2n) is 4.27. The molecule has 0 amide bonds. The summed E-state index contributed by atoms with van der Waals surface area (Å²) in [6, 6.07) is 8.11. The van der Waals surface area contributed by atoms with Crippen LogP contribution in [0.15, 0.2) is 36.4 Å². The lowest BCUT2D eigenvalue weighted by atomic mass is 10.0. The van der Waals surface area contributed by atoms with E-state index in [9.17, 15) is 13.6 Å². The van der Waals surface area contributed by atoms with Crippen LogP contribution in [0.2, 0.25) is 5.02 Å². The Morgan fingerprint density at radius 1 is 1.21 bits per heavy atom. The van der Waals surface area contributed by atoms with Crippen LogP contribution in [0.3, 0.4) is 0 Å². The van der Waals surface area contributed by atoms with Crippen molar-refractivity contribution >= 4 is 17.4 Å². The molecule has 2 aromatic carbocycles. The monoisotopic (exact) mass is 280 g/mol. The maximum Gasteiger partial charge on any atom is 0.168 e. The van der Waals surface area contributed by atoms with Gasteiger partial charge in [0.15, 0.2) is 5.78 Å². The van der Waals surface area contributed by atoms with E-state index in [4.69, 9.17) is 11.6 Å². The maximum absolute atomic E-state index is 13.5. The van der Waals surface area contributed by atoms with Crippen molar-refractivity contribution in [1.82, 2.24) is 0 Å². The molecule has 0 fully saturated rings. The third-order valence-corrected chi connectivity index (χ3v) is 3.35. The van der Waals surface area contributed by atoms with Gasteiger partial charge in [0.05, 0.1) is 5.02 Å². The van der Waals surface area contributed by atoms with E-state index in [1.54, 1.807) is 25.1 Å². The number of Topliss-reactive ketones (excluding diaryl/α,β-unsaturated/α-hetero) is 1. The molecular weight excluding hydrogens is 270 g/mol. The summed E-state index contributed by atoms with van der Waals surface area (Å²) in [6.07, 6.45) is -0.216. The van der Waals surface area contributed by atoms with Crippen molar-refractivity contribution in [2.24, 2.45) is 0 Å². The molecule has 0 radical (unpaired) electrons. The van der Waals surface area contributed by atoms with Gasteiger partial charge >= 0.3 is 0 Å². The molecule has 1 nitrogen and oxygen atoms in total. The molecule has 2 rings (SSSR count). The number of carbonyl (C=O) groups excluding carboxylic acids is 1. The molecule has 0 spiro atoms. The minimum Gasteiger partial charge on any atom is -0.294 e. The average Bonchev–Trinajstić information content (AvgIpc) is 2.37. The predicted octanol–water partition coefficient (Wildman–Crippen LogP) is 4.35. The van der Waals surface area contributed by atoms with Crippen LogP contribution in [0.25, 0.3) is 0 Å². The number of aryl methyl sites for hydroxylation is 1. The Labute approximate surface area is 114 Å². The van der Waals surface area contributed by atoms with E-state index in [0.717, 1.165) is 23.8 Å². The van der Waals surface area contributed by atoms with Crippen LogP contribution in [0.5, 0.6) is 0 Å². The second-order valence-corrected chi connectivity index (χ2v) is 4.65. The highest BCUT2D eigenvalue weighted by atomic mass is 35.5. The van der Waals surface area contributed by atoms with E-state index < -0.39 is 11.6 Å². The van der Waals surface area contributed by atoms with Crippen molar-refractivity contribution in [1.29, 1.82) is 0 Å². The van der Waals surface area contributed by atoms with Gasteiger partial charge in [0.25, 0.3) is 0 Å². The van der Waals surface area contributed by atoms with E-state index in [0.29, 0.717) is 10.6 Å². The third kappa shape index (κ3) is 2.99. The topological polar surface area (TPSA) is 17.1 Å². The molecule has 0 saturated heterocycles. The Hall–Kier alpha value is -1.74. The van der Waals surface area contributed by atoms with E-state index in [1.165, 1.54) is 0 Å². The Morgan fingerprint density at radius 2 is 1.95 bits per heavy atom. The van der Waals surface area contributed by atoms with Crippen molar-refractivity contribution in [2.75, 3.05) is 0 Å². The van der Waals surface area contributed by atoms with Gasteiger partial charge < -0.3 is 0 Å². The smallest absolute Gasteiger partial charge is 0.168 e. The maximum atomic E-state index is 13.5. The summed E-state index contributed by atoms with van der Waals surface area (Å²) in [5.41, 5.74) is 1.13. The van der Waals surface area contributed by atoms with Gasteiger partial charge in [0.2, 0.25) is 0 Å². The largest absolute Gasteiger partial charge is 0.294 e. The van der Waals surface area contributed by atoms with E-state index >= 15 is 0 Å². The lowest BCUT2D eigenvalue weighted by Crippen LogP contribution is -2.07. The molecule has 0 N–H and O–H groups in total. The summed E-state index contributed by atoms with van der Waals surface area (Å²) in [4.78, 5) is 12.1. The molecule has 0 heterocycles. The van der Waals surface area contributed by atoms with Crippen LogP contribution < -0.4 is 0 Å². The molecule has 0 aliphatic rings. The zero-order chi connectivity index (χ0) is 14.0. The standard InChI is InChI=1S/C15H11ClF2O/c1-9-3-2-4-12(15(9)16)14(19)8-10-7-11(17)5-6-13(10)18/h2-7H,8H2,1H3. The molecule has 0 atom stereocenters. The average molecular weight is 281 g/mol. The molecule has 0 aromatic heterocycles. The van der Waals surface area contributed by atoms with Gasteiger partial charge in [-0.25, -0.2) is 8.78 Å². The number of hydrogen-bond donors (Lipinski definition) is 0. The summed E-state index contributed by atoms with van der Waals surface area (Å²) >= 11 is 6.04. The first-order valence-corrected chi connectivity index (χ1v) is 6.09. The van der Waals surface area contributed by atoms with Crippen molar-refractivity contribution in [2.45, 2.75) is 13.3 Å². The van der Waals surface area contributed by atoms with Crippen molar-refractivity contribution in [3.63, 3.8) is 0 Å². The molecule has 0 aliphatic heterocycles. The molecule has 2 aromatic rings.